The maximum absolute atomic E-state index is 12.3. The van der Waals surface area contributed by atoms with Crippen LogP contribution in [0, 0.1) is 21.4 Å². The number of carbonyl (C=O) groups excluding carboxylic acids is 1. The first-order valence-corrected chi connectivity index (χ1v) is 9.50. The van der Waals surface area contributed by atoms with E-state index in [1.54, 1.807) is 0 Å². The van der Waals surface area contributed by atoms with Crippen LogP contribution < -0.4 is 5.32 Å². The van der Waals surface area contributed by atoms with Crippen molar-refractivity contribution in [2.24, 2.45) is 0 Å². The number of anilines is 1. The largest absolute Gasteiger partial charge is 0.324 e. The third kappa shape index (κ3) is 5.74. The van der Waals surface area contributed by atoms with Crippen LogP contribution in [0.3, 0.4) is 0 Å². The number of hydrogen-bond donors (Lipinski definition) is 1. The van der Waals surface area contributed by atoms with E-state index >= 15 is 0 Å². The van der Waals surface area contributed by atoms with Gasteiger partial charge >= 0.3 is 0 Å². The maximum atomic E-state index is 12.3. The molecule has 1 amide bonds. The van der Waals surface area contributed by atoms with E-state index in [4.69, 9.17) is 16.9 Å². The van der Waals surface area contributed by atoms with Crippen LogP contribution in [-0.2, 0) is 11.3 Å². The lowest BCUT2D eigenvalue weighted by atomic mass is 10.1. The maximum Gasteiger partial charge on any atom is 0.271 e. The summed E-state index contributed by atoms with van der Waals surface area (Å²) >= 11 is 6.02. The highest BCUT2D eigenvalue weighted by Gasteiger charge is 2.20. The Kier molecular flexibility index (Phi) is 6.77. The van der Waals surface area contributed by atoms with E-state index in [1.165, 1.54) is 18.2 Å². The third-order valence-corrected chi connectivity index (χ3v) is 5.07. The summed E-state index contributed by atoms with van der Waals surface area (Å²) in [6.45, 7) is 4.24. The van der Waals surface area contributed by atoms with E-state index in [1.807, 2.05) is 24.3 Å². The summed E-state index contributed by atoms with van der Waals surface area (Å²) in [5, 5.41) is 22.5. The SMILES string of the molecule is N#Cc1ccc(CN2CCN(CC(=O)Nc3ccc([N+](=O)[O-])cc3Cl)CC2)cc1. The van der Waals surface area contributed by atoms with Gasteiger partial charge in [0, 0.05) is 44.9 Å². The van der Waals surface area contributed by atoms with Gasteiger partial charge in [-0.05, 0) is 23.8 Å². The van der Waals surface area contributed by atoms with Crippen LogP contribution in [0.5, 0.6) is 0 Å². The van der Waals surface area contributed by atoms with Gasteiger partial charge in [0.25, 0.3) is 5.69 Å². The number of rotatable bonds is 6. The Morgan fingerprint density at radius 1 is 1.14 bits per heavy atom. The molecule has 0 aromatic heterocycles. The molecule has 2 aromatic rings. The summed E-state index contributed by atoms with van der Waals surface area (Å²) in [5.74, 6) is -0.207. The number of hydrogen-bond acceptors (Lipinski definition) is 6. The van der Waals surface area contributed by atoms with Gasteiger partial charge in [-0.25, -0.2) is 0 Å². The monoisotopic (exact) mass is 413 g/mol. The molecular formula is C20H20ClN5O3. The molecule has 29 heavy (non-hydrogen) atoms. The minimum absolute atomic E-state index is 0.119. The van der Waals surface area contributed by atoms with Crippen LogP contribution in [0.4, 0.5) is 11.4 Å². The van der Waals surface area contributed by atoms with Crippen LogP contribution in [0.15, 0.2) is 42.5 Å². The Labute approximate surface area is 173 Å². The lowest BCUT2D eigenvalue weighted by Crippen LogP contribution is -2.48. The zero-order valence-corrected chi connectivity index (χ0v) is 16.4. The average molecular weight is 414 g/mol. The number of nitrogens with one attached hydrogen (secondary N) is 1. The molecule has 150 valence electrons. The Hall–Kier alpha value is -2.99. The third-order valence-electron chi connectivity index (χ3n) is 4.76. The molecule has 0 aliphatic carbocycles. The van der Waals surface area contributed by atoms with Gasteiger partial charge in [-0.3, -0.25) is 24.7 Å². The van der Waals surface area contributed by atoms with Crippen molar-refractivity contribution in [3.63, 3.8) is 0 Å². The zero-order chi connectivity index (χ0) is 20.8. The quantitative estimate of drug-likeness (QED) is 0.577. The summed E-state index contributed by atoms with van der Waals surface area (Å²) in [4.78, 5) is 26.9. The predicted molar refractivity (Wildman–Crippen MR) is 110 cm³/mol. The standard InChI is InChI=1S/C20H20ClN5O3/c21-18-11-17(26(28)29)5-6-19(18)23-20(27)14-25-9-7-24(8-10-25)13-16-3-1-15(12-22)2-4-16/h1-6,11H,7-10,13-14H2,(H,23,27). The first-order chi connectivity index (χ1) is 13.9. The molecule has 3 rings (SSSR count). The van der Waals surface area contributed by atoms with Crippen LogP contribution in [0.2, 0.25) is 5.02 Å². The molecular weight excluding hydrogens is 394 g/mol. The smallest absolute Gasteiger partial charge is 0.271 e. The van der Waals surface area contributed by atoms with Crippen molar-refractivity contribution in [2.75, 3.05) is 38.0 Å². The minimum atomic E-state index is -0.533. The van der Waals surface area contributed by atoms with Gasteiger partial charge in [0.2, 0.25) is 5.91 Å². The first-order valence-electron chi connectivity index (χ1n) is 9.12. The van der Waals surface area contributed by atoms with Crippen molar-refractivity contribution in [1.29, 1.82) is 5.26 Å². The summed E-state index contributed by atoms with van der Waals surface area (Å²) in [6.07, 6.45) is 0. The minimum Gasteiger partial charge on any atom is -0.324 e. The molecule has 1 saturated heterocycles. The summed E-state index contributed by atoms with van der Waals surface area (Å²) in [7, 11) is 0. The summed E-state index contributed by atoms with van der Waals surface area (Å²) in [6, 6.07) is 13.6. The highest BCUT2D eigenvalue weighted by atomic mass is 35.5. The van der Waals surface area contributed by atoms with Crippen molar-refractivity contribution in [3.8, 4) is 6.07 Å². The molecule has 8 nitrogen and oxygen atoms in total. The first kappa shape index (κ1) is 20.7. The highest BCUT2D eigenvalue weighted by molar-refractivity contribution is 6.34. The van der Waals surface area contributed by atoms with Gasteiger partial charge in [-0.1, -0.05) is 23.7 Å². The van der Waals surface area contributed by atoms with E-state index in [9.17, 15) is 14.9 Å². The molecule has 1 aliphatic rings. The zero-order valence-electron chi connectivity index (χ0n) is 15.7. The number of halogens is 1. The van der Waals surface area contributed by atoms with Crippen LogP contribution in [-0.4, -0.2) is 53.4 Å². The lowest BCUT2D eigenvalue weighted by Gasteiger charge is -2.34. The Balaban J connectivity index is 1.46. The predicted octanol–water partition coefficient (Wildman–Crippen LogP) is 2.88. The number of amides is 1. The van der Waals surface area contributed by atoms with Gasteiger partial charge in [-0.15, -0.1) is 0 Å². The molecule has 0 bridgehead atoms. The molecule has 1 N–H and O–H groups in total. The fourth-order valence-electron chi connectivity index (χ4n) is 3.16. The molecule has 0 unspecified atom stereocenters. The number of nitriles is 1. The Morgan fingerprint density at radius 2 is 1.79 bits per heavy atom. The van der Waals surface area contributed by atoms with Gasteiger partial charge in [-0.2, -0.15) is 5.26 Å². The fraction of sp³-hybridized carbons (Fsp3) is 0.300. The number of nitrogens with zero attached hydrogens (tertiary/aromatic N) is 4. The normalized spacial score (nSPS) is 14.9. The van der Waals surface area contributed by atoms with Crippen LogP contribution in [0.1, 0.15) is 11.1 Å². The molecule has 2 aromatic carbocycles. The van der Waals surface area contributed by atoms with E-state index in [0.717, 1.165) is 38.3 Å². The molecule has 9 heteroatoms. The van der Waals surface area contributed by atoms with Crippen LogP contribution >= 0.6 is 11.6 Å². The number of benzene rings is 2. The van der Waals surface area contributed by atoms with E-state index in [0.29, 0.717) is 11.3 Å². The lowest BCUT2D eigenvalue weighted by molar-refractivity contribution is -0.384. The number of carbonyl (C=O) groups is 1. The molecule has 0 spiro atoms. The second-order valence-electron chi connectivity index (χ2n) is 6.83. The molecule has 0 saturated carbocycles. The fourth-order valence-corrected chi connectivity index (χ4v) is 3.38. The molecule has 0 radical (unpaired) electrons. The average Bonchev–Trinajstić information content (AvgIpc) is 2.71. The summed E-state index contributed by atoms with van der Waals surface area (Å²) in [5.41, 5.74) is 2.05. The topological polar surface area (TPSA) is 103 Å². The van der Waals surface area contributed by atoms with E-state index < -0.39 is 4.92 Å². The van der Waals surface area contributed by atoms with Crippen molar-refractivity contribution >= 4 is 28.9 Å². The molecule has 0 atom stereocenters. The van der Waals surface area contributed by atoms with Crippen molar-refractivity contribution < 1.29 is 9.72 Å². The molecule has 1 aliphatic heterocycles. The second kappa shape index (κ2) is 9.47. The Bertz CT molecular complexity index is 934. The number of non-ortho nitro benzene ring substituents is 1. The van der Waals surface area contributed by atoms with Crippen LogP contribution in [0.25, 0.3) is 0 Å². The number of piperazine rings is 1. The van der Waals surface area contributed by atoms with E-state index in [-0.39, 0.29) is 23.2 Å². The van der Waals surface area contributed by atoms with Crippen molar-refractivity contribution in [3.05, 3.63) is 68.7 Å². The van der Waals surface area contributed by atoms with Crippen molar-refractivity contribution in [2.45, 2.75) is 6.54 Å². The Morgan fingerprint density at radius 3 is 2.38 bits per heavy atom. The van der Waals surface area contributed by atoms with Gasteiger partial charge in [0.15, 0.2) is 0 Å². The van der Waals surface area contributed by atoms with E-state index in [2.05, 4.69) is 21.2 Å². The van der Waals surface area contributed by atoms with Gasteiger partial charge < -0.3 is 5.32 Å². The molecule has 1 fully saturated rings. The summed E-state index contributed by atoms with van der Waals surface area (Å²) < 4.78 is 0. The van der Waals surface area contributed by atoms with Gasteiger partial charge in [0.05, 0.1) is 33.8 Å². The highest BCUT2D eigenvalue weighted by Crippen LogP contribution is 2.26. The number of nitro groups is 1. The van der Waals surface area contributed by atoms with Crippen molar-refractivity contribution in [1.82, 2.24) is 9.80 Å². The molecule has 1 heterocycles. The second-order valence-corrected chi connectivity index (χ2v) is 7.24. The van der Waals surface area contributed by atoms with Gasteiger partial charge in [0.1, 0.15) is 0 Å². The number of nitro benzene ring substituents is 1.